The number of phenols is 1. The third-order valence-electron chi connectivity index (χ3n) is 4.04. The highest BCUT2D eigenvalue weighted by atomic mass is 32.1. The Morgan fingerprint density at radius 2 is 2.07 bits per heavy atom. The number of hydrogen-bond donors (Lipinski definition) is 2. The molecule has 3 N–H and O–H groups in total. The van der Waals surface area contributed by atoms with Gasteiger partial charge in [0, 0.05) is 10.9 Å². The zero-order valence-electron chi connectivity index (χ0n) is 15.8. The van der Waals surface area contributed by atoms with Gasteiger partial charge in [-0.1, -0.05) is 6.08 Å². The molecule has 0 radical (unpaired) electrons. The van der Waals surface area contributed by atoms with Gasteiger partial charge >= 0.3 is 0 Å². The van der Waals surface area contributed by atoms with Crippen LogP contribution in [0.15, 0.2) is 70.6 Å². The van der Waals surface area contributed by atoms with E-state index < -0.39 is 5.91 Å². The van der Waals surface area contributed by atoms with Crippen molar-refractivity contribution < 1.29 is 14.6 Å². The van der Waals surface area contributed by atoms with Gasteiger partial charge in [-0.25, -0.2) is 4.68 Å². The van der Waals surface area contributed by atoms with Crippen molar-refractivity contribution in [2.75, 3.05) is 13.7 Å². The molecule has 1 amide bonds. The molecule has 0 aliphatic carbocycles. The summed E-state index contributed by atoms with van der Waals surface area (Å²) in [7, 11) is 1.61. The lowest BCUT2D eigenvalue weighted by molar-refractivity contribution is 0.0998. The maximum absolute atomic E-state index is 11.6. The largest absolute Gasteiger partial charge is 0.507 e. The minimum atomic E-state index is -0.704. The first kappa shape index (κ1) is 20.1. The van der Waals surface area contributed by atoms with Crippen LogP contribution in [-0.4, -0.2) is 35.6 Å². The lowest BCUT2D eigenvalue weighted by Crippen LogP contribution is -2.13. The van der Waals surface area contributed by atoms with Crippen molar-refractivity contribution in [1.29, 1.82) is 0 Å². The van der Waals surface area contributed by atoms with Gasteiger partial charge < -0.3 is 15.6 Å². The molecule has 0 atom stereocenters. The van der Waals surface area contributed by atoms with Gasteiger partial charge in [-0.15, -0.1) is 17.9 Å². The minimum Gasteiger partial charge on any atom is -0.507 e. The van der Waals surface area contributed by atoms with Gasteiger partial charge in [0.1, 0.15) is 11.5 Å². The summed E-state index contributed by atoms with van der Waals surface area (Å²) >= 11 is 1.41. The highest BCUT2D eigenvalue weighted by Crippen LogP contribution is 2.26. The number of nitrogens with two attached hydrogens (primary N) is 1. The number of thiazole rings is 1. The van der Waals surface area contributed by atoms with Gasteiger partial charge in [0.15, 0.2) is 0 Å². The number of primary amides is 1. The molecule has 0 fully saturated rings. The Bertz CT molecular complexity index is 1130. The molecule has 7 nitrogen and oxygen atoms in total. The smallest absolute Gasteiger partial charge is 0.252 e. The molecule has 0 spiro atoms. The summed E-state index contributed by atoms with van der Waals surface area (Å²) in [5, 5.41) is 16.3. The molecule has 1 heterocycles. The number of aromatic nitrogens is 1. The van der Waals surface area contributed by atoms with Crippen LogP contribution in [0.2, 0.25) is 0 Å². The van der Waals surface area contributed by atoms with E-state index >= 15 is 0 Å². The van der Waals surface area contributed by atoms with Crippen LogP contribution in [0.1, 0.15) is 15.9 Å². The quantitative estimate of drug-likeness (QED) is 0.464. The number of hydrogen-bond acceptors (Lipinski definition) is 6. The number of rotatable bonds is 7. The van der Waals surface area contributed by atoms with Crippen LogP contribution in [0, 0.1) is 0 Å². The second-order valence-electron chi connectivity index (χ2n) is 5.96. The average Bonchev–Trinajstić information content (AvgIpc) is 3.13. The van der Waals surface area contributed by atoms with Crippen LogP contribution >= 0.6 is 11.3 Å². The lowest BCUT2D eigenvalue weighted by atomic mass is 10.1. The number of benzene rings is 2. The van der Waals surface area contributed by atoms with Crippen molar-refractivity contribution in [2.45, 2.75) is 0 Å². The van der Waals surface area contributed by atoms with Gasteiger partial charge in [-0.3, -0.25) is 9.79 Å². The molecule has 3 rings (SSSR count). The molecule has 0 aliphatic heterocycles. The van der Waals surface area contributed by atoms with Crippen molar-refractivity contribution in [3.05, 3.63) is 76.4 Å². The van der Waals surface area contributed by atoms with Gasteiger partial charge in [-0.05, 0) is 48.0 Å². The Labute approximate surface area is 171 Å². The predicted molar refractivity (Wildman–Crippen MR) is 115 cm³/mol. The first-order valence-corrected chi connectivity index (χ1v) is 9.55. The van der Waals surface area contributed by atoms with E-state index in [0.717, 1.165) is 11.3 Å². The molecule has 148 valence electrons. The Kier molecular flexibility index (Phi) is 6.25. The van der Waals surface area contributed by atoms with Gasteiger partial charge in [0.2, 0.25) is 4.80 Å². The summed E-state index contributed by atoms with van der Waals surface area (Å²) in [6, 6.07) is 12.1. The standard InChI is InChI=1S/C21H20N4O3S/c1-3-10-23-21-25(24-12-14-4-7-16(28-2)8-5-14)18(13-29-21)15-6-9-19(26)17(11-15)20(22)27/h3-9,11-13,26H,1,10H2,2H3,(H2,22,27). The summed E-state index contributed by atoms with van der Waals surface area (Å²) in [6.45, 7) is 4.14. The van der Waals surface area contributed by atoms with Gasteiger partial charge in [0.05, 0.1) is 31.1 Å². The molecule has 3 aromatic rings. The molecule has 1 aromatic heterocycles. The van der Waals surface area contributed by atoms with Gasteiger partial charge in [-0.2, -0.15) is 5.10 Å². The molecule has 0 unspecified atom stereocenters. The van der Waals surface area contributed by atoms with Crippen molar-refractivity contribution in [1.82, 2.24) is 4.68 Å². The molecule has 0 saturated carbocycles. The Morgan fingerprint density at radius 3 is 2.72 bits per heavy atom. The minimum absolute atomic E-state index is 0.0453. The molecule has 0 bridgehead atoms. The normalized spacial score (nSPS) is 11.7. The second-order valence-corrected chi connectivity index (χ2v) is 6.80. The van der Waals surface area contributed by atoms with E-state index in [0.29, 0.717) is 22.6 Å². The van der Waals surface area contributed by atoms with Crippen LogP contribution in [0.25, 0.3) is 11.3 Å². The summed E-state index contributed by atoms with van der Waals surface area (Å²) in [5.41, 5.74) is 7.68. The fraction of sp³-hybridized carbons (Fsp3) is 0.0952. The molecular formula is C21H20N4O3S. The molecule has 0 saturated heterocycles. The Morgan fingerprint density at radius 1 is 1.31 bits per heavy atom. The number of carbonyl (C=O) groups excluding carboxylic acids is 1. The van der Waals surface area contributed by atoms with E-state index in [-0.39, 0.29) is 11.3 Å². The molecule has 2 aromatic carbocycles. The van der Waals surface area contributed by atoms with E-state index in [1.165, 1.54) is 23.5 Å². The SMILES string of the molecule is C=CCN=c1scc(-c2ccc(O)c(C(N)=O)c2)n1N=Cc1ccc(OC)cc1. The van der Waals surface area contributed by atoms with Crippen molar-refractivity contribution in [3.8, 4) is 22.8 Å². The van der Waals surface area contributed by atoms with E-state index in [2.05, 4.69) is 16.7 Å². The predicted octanol–water partition coefficient (Wildman–Crippen LogP) is 3.00. The monoisotopic (exact) mass is 408 g/mol. The molecule has 0 aliphatic rings. The molecular weight excluding hydrogens is 388 g/mol. The Hall–Kier alpha value is -3.65. The highest BCUT2D eigenvalue weighted by Gasteiger charge is 2.13. The van der Waals surface area contributed by atoms with Crippen LogP contribution in [-0.2, 0) is 0 Å². The maximum Gasteiger partial charge on any atom is 0.252 e. The number of ether oxygens (including phenoxy) is 1. The zero-order valence-corrected chi connectivity index (χ0v) is 16.6. The number of amides is 1. The first-order valence-electron chi connectivity index (χ1n) is 8.67. The number of nitrogens with zero attached hydrogens (tertiary/aromatic N) is 3. The first-order chi connectivity index (χ1) is 14.0. The Balaban J connectivity index is 2.08. The maximum atomic E-state index is 11.6. The topological polar surface area (TPSA) is 102 Å². The number of aromatic hydroxyl groups is 1. The third-order valence-corrected chi connectivity index (χ3v) is 4.89. The second kappa shape index (κ2) is 9.03. The fourth-order valence-electron chi connectivity index (χ4n) is 2.57. The van der Waals surface area contributed by atoms with E-state index in [1.54, 1.807) is 30.1 Å². The molecule has 29 heavy (non-hydrogen) atoms. The van der Waals surface area contributed by atoms with Crippen LogP contribution in [0.4, 0.5) is 0 Å². The van der Waals surface area contributed by atoms with E-state index in [9.17, 15) is 9.90 Å². The number of methoxy groups -OCH3 is 1. The van der Waals surface area contributed by atoms with Crippen LogP contribution < -0.4 is 15.3 Å². The van der Waals surface area contributed by atoms with Crippen molar-refractivity contribution in [3.63, 3.8) is 0 Å². The zero-order chi connectivity index (χ0) is 20.8. The summed E-state index contributed by atoms with van der Waals surface area (Å²) in [5.74, 6) is -0.110. The summed E-state index contributed by atoms with van der Waals surface area (Å²) in [4.78, 5) is 16.7. The van der Waals surface area contributed by atoms with Crippen LogP contribution in [0.5, 0.6) is 11.5 Å². The fourth-order valence-corrected chi connectivity index (χ4v) is 3.41. The van der Waals surface area contributed by atoms with Crippen molar-refractivity contribution in [2.24, 2.45) is 15.8 Å². The van der Waals surface area contributed by atoms with E-state index in [4.69, 9.17) is 10.5 Å². The highest BCUT2D eigenvalue weighted by molar-refractivity contribution is 7.07. The van der Waals surface area contributed by atoms with Crippen molar-refractivity contribution >= 4 is 23.5 Å². The van der Waals surface area contributed by atoms with E-state index in [1.807, 2.05) is 29.6 Å². The van der Waals surface area contributed by atoms with Gasteiger partial charge in [0.25, 0.3) is 5.91 Å². The average molecular weight is 408 g/mol. The van der Waals surface area contributed by atoms with Crippen LogP contribution in [0.3, 0.4) is 0 Å². The summed E-state index contributed by atoms with van der Waals surface area (Å²) < 4.78 is 6.85. The lowest BCUT2D eigenvalue weighted by Gasteiger charge is -2.07. The third kappa shape index (κ3) is 4.61. The molecule has 8 heteroatoms. The number of carbonyl (C=O) groups is 1. The summed E-state index contributed by atoms with van der Waals surface area (Å²) in [6.07, 6.45) is 3.40.